The van der Waals surface area contributed by atoms with Gasteiger partial charge in [0.25, 0.3) is 0 Å². The highest BCUT2D eigenvalue weighted by atomic mass is 16.5. The second kappa shape index (κ2) is 7.10. The number of carbonyl (C=O) groups excluding carboxylic acids is 1. The van der Waals surface area contributed by atoms with Crippen molar-refractivity contribution in [1.29, 1.82) is 0 Å². The van der Waals surface area contributed by atoms with E-state index in [9.17, 15) is 4.79 Å². The van der Waals surface area contributed by atoms with Crippen LogP contribution in [0.5, 0.6) is 0 Å². The van der Waals surface area contributed by atoms with Gasteiger partial charge in [0, 0.05) is 39.3 Å². The smallest absolute Gasteiger partial charge is 0.228 e. The van der Waals surface area contributed by atoms with E-state index >= 15 is 0 Å². The zero-order chi connectivity index (χ0) is 13.6. The Labute approximate surface area is 111 Å². The van der Waals surface area contributed by atoms with Gasteiger partial charge in [-0.15, -0.1) is 0 Å². The number of methoxy groups -OCH3 is 2. The van der Waals surface area contributed by atoms with Gasteiger partial charge in [-0.05, 0) is 25.2 Å². The summed E-state index contributed by atoms with van der Waals surface area (Å²) in [6.07, 6.45) is 3.02. The summed E-state index contributed by atoms with van der Waals surface area (Å²) in [6.45, 7) is 7.12. The van der Waals surface area contributed by atoms with Crippen LogP contribution in [0.15, 0.2) is 0 Å². The Bertz CT molecular complexity index is 264. The zero-order valence-corrected chi connectivity index (χ0v) is 12.2. The summed E-state index contributed by atoms with van der Waals surface area (Å²) in [5.41, 5.74) is -0.328. The molecule has 0 bridgehead atoms. The van der Waals surface area contributed by atoms with E-state index < -0.39 is 0 Å². The first-order valence-corrected chi connectivity index (χ1v) is 6.78. The molecule has 4 heteroatoms. The molecule has 1 amide bonds. The lowest BCUT2D eigenvalue weighted by atomic mass is 9.86. The first-order chi connectivity index (χ1) is 8.51. The molecule has 0 aromatic carbocycles. The molecule has 0 radical (unpaired) electrons. The van der Waals surface area contributed by atoms with Gasteiger partial charge >= 0.3 is 0 Å². The van der Waals surface area contributed by atoms with Crippen molar-refractivity contribution in [3.8, 4) is 0 Å². The van der Waals surface area contributed by atoms with Crippen LogP contribution in [0.2, 0.25) is 0 Å². The lowest BCUT2D eigenvalue weighted by molar-refractivity contribution is -0.143. The van der Waals surface area contributed by atoms with E-state index in [1.165, 1.54) is 0 Å². The number of carbonyl (C=O) groups is 1. The van der Waals surface area contributed by atoms with Gasteiger partial charge < -0.3 is 14.4 Å². The third kappa shape index (κ3) is 4.25. The average Bonchev–Trinajstić information content (AvgIpc) is 2.36. The Morgan fingerprint density at radius 3 is 2.67 bits per heavy atom. The number of piperidine rings is 1. The molecular formula is C14H27NO3. The van der Waals surface area contributed by atoms with Crippen LogP contribution in [-0.2, 0) is 14.3 Å². The summed E-state index contributed by atoms with van der Waals surface area (Å²) in [5.74, 6) is 0.742. The van der Waals surface area contributed by atoms with Gasteiger partial charge in [0.1, 0.15) is 0 Å². The summed E-state index contributed by atoms with van der Waals surface area (Å²) in [7, 11) is 3.40. The van der Waals surface area contributed by atoms with Crippen molar-refractivity contribution in [1.82, 2.24) is 4.90 Å². The van der Waals surface area contributed by atoms with Gasteiger partial charge in [0.05, 0.1) is 6.61 Å². The Balaban J connectivity index is 2.54. The second-order valence-electron chi connectivity index (χ2n) is 5.84. The highest BCUT2D eigenvalue weighted by molar-refractivity contribution is 5.82. The number of nitrogens with zero attached hydrogens (tertiary/aromatic N) is 1. The Kier molecular flexibility index (Phi) is 6.09. The maximum Gasteiger partial charge on any atom is 0.228 e. The molecule has 0 aliphatic carbocycles. The largest absolute Gasteiger partial charge is 0.385 e. The third-order valence-corrected chi connectivity index (χ3v) is 3.72. The molecule has 1 atom stereocenters. The van der Waals surface area contributed by atoms with E-state index in [1.54, 1.807) is 14.2 Å². The third-order valence-electron chi connectivity index (χ3n) is 3.72. The Hall–Kier alpha value is -0.610. The number of hydrogen-bond acceptors (Lipinski definition) is 3. The molecule has 0 aromatic rings. The first kappa shape index (κ1) is 15.4. The van der Waals surface area contributed by atoms with Gasteiger partial charge in [0.2, 0.25) is 5.91 Å². The molecule has 4 nitrogen and oxygen atoms in total. The number of amides is 1. The molecule has 1 fully saturated rings. The molecule has 18 heavy (non-hydrogen) atoms. The van der Waals surface area contributed by atoms with Crippen LogP contribution in [0.4, 0.5) is 0 Å². The number of likely N-dealkylation sites (tertiary alicyclic amines) is 1. The standard InChI is InChI=1S/C14H27NO3/c1-14(2,7-9-17-3)13(16)15-8-5-6-12(10-15)11-18-4/h12H,5-11H2,1-4H3/t12-/m1/s1. The van der Waals surface area contributed by atoms with Crippen molar-refractivity contribution >= 4 is 5.91 Å². The monoisotopic (exact) mass is 257 g/mol. The van der Waals surface area contributed by atoms with Gasteiger partial charge in [-0.1, -0.05) is 13.8 Å². The molecular weight excluding hydrogens is 230 g/mol. The highest BCUT2D eigenvalue weighted by Crippen LogP contribution is 2.27. The Morgan fingerprint density at radius 2 is 2.06 bits per heavy atom. The van der Waals surface area contributed by atoms with E-state index in [1.807, 2.05) is 18.7 Å². The summed E-state index contributed by atoms with van der Waals surface area (Å²) < 4.78 is 10.3. The van der Waals surface area contributed by atoms with Crippen molar-refractivity contribution in [3.05, 3.63) is 0 Å². The molecule has 1 aliphatic heterocycles. The maximum atomic E-state index is 12.5. The number of rotatable bonds is 6. The lowest BCUT2D eigenvalue weighted by Gasteiger charge is -2.37. The minimum atomic E-state index is -0.328. The summed E-state index contributed by atoms with van der Waals surface area (Å²) in [6, 6.07) is 0. The predicted octanol–water partition coefficient (Wildman–Crippen LogP) is 1.93. The molecule has 1 aliphatic rings. The van der Waals surface area contributed by atoms with E-state index in [-0.39, 0.29) is 11.3 Å². The second-order valence-corrected chi connectivity index (χ2v) is 5.84. The summed E-state index contributed by atoms with van der Waals surface area (Å²) >= 11 is 0. The van der Waals surface area contributed by atoms with Gasteiger partial charge in [-0.2, -0.15) is 0 Å². The van der Waals surface area contributed by atoms with Crippen LogP contribution in [-0.4, -0.2) is 51.3 Å². The van der Waals surface area contributed by atoms with E-state index in [2.05, 4.69) is 0 Å². The van der Waals surface area contributed by atoms with E-state index in [0.717, 1.165) is 39.0 Å². The molecule has 1 heterocycles. The molecule has 0 spiro atoms. The van der Waals surface area contributed by atoms with Crippen LogP contribution < -0.4 is 0 Å². The SMILES string of the molecule is COCCC(C)(C)C(=O)N1CCC[C@@H](COC)C1. The van der Waals surface area contributed by atoms with Crippen molar-refractivity contribution in [2.75, 3.05) is 40.5 Å². The molecule has 1 rings (SSSR count). The molecule has 0 N–H and O–H groups in total. The van der Waals surface area contributed by atoms with Gasteiger partial charge in [-0.3, -0.25) is 4.79 Å². The number of ether oxygens (including phenoxy) is 2. The fraction of sp³-hybridized carbons (Fsp3) is 0.929. The quantitative estimate of drug-likeness (QED) is 0.730. The van der Waals surface area contributed by atoms with Crippen molar-refractivity contribution in [2.24, 2.45) is 11.3 Å². The first-order valence-electron chi connectivity index (χ1n) is 6.78. The van der Waals surface area contributed by atoms with E-state index in [4.69, 9.17) is 9.47 Å². The maximum absolute atomic E-state index is 12.5. The minimum Gasteiger partial charge on any atom is -0.385 e. The zero-order valence-electron chi connectivity index (χ0n) is 12.2. The fourth-order valence-electron chi connectivity index (χ4n) is 2.51. The average molecular weight is 257 g/mol. The molecule has 1 saturated heterocycles. The van der Waals surface area contributed by atoms with Gasteiger partial charge in [-0.25, -0.2) is 0 Å². The minimum absolute atomic E-state index is 0.250. The number of hydrogen-bond donors (Lipinski definition) is 0. The van der Waals surface area contributed by atoms with Crippen molar-refractivity contribution in [3.63, 3.8) is 0 Å². The Morgan fingerprint density at radius 1 is 1.33 bits per heavy atom. The molecule has 0 unspecified atom stereocenters. The highest BCUT2D eigenvalue weighted by Gasteiger charge is 2.34. The van der Waals surface area contributed by atoms with Gasteiger partial charge in [0.15, 0.2) is 0 Å². The normalized spacial score (nSPS) is 21.1. The van der Waals surface area contributed by atoms with Crippen LogP contribution in [0.3, 0.4) is 0 Å². The predicted molar refractivity (Wildman–Crippen MR) is 71.5 cm³/mol. The van der Waals surface area contributed by atoms with Crippen LogP contribution in [0.25, 0.3) is 0 Å². The molecule has 0 aromatic heterocycles. The summed E-state index contributed by atoms with van der Waals surface area (Å²) in [4.78, 5) is 14.5. The molecule has 106 valence electrons. The fourth-order valence-corrected chi connectivity index (χ4v) is 2.51. The lowest BCUT2D eigenvalue weighted by Crippen LogP contribution is -2.47. The topological polar surface area (TPSA) is 38.8 Å². The van der Waals surface area contributed by atoms with Crippen LogP contribution in [0, 0.1) is 11.3 Å². The molecule has 0 saturated carbocycles. The summed E-state index contributed by atoms with van der Waals surface area (Å²) in [5, 5.41) is 0. The van der Waals surface area contributed by atoms with Crippen molar-refractivity contribution < 1.29 is 14.3 Å². The van der Waals surface area contributed by atoms with E-state index in [0.29, 0.717) is 12.5 Å². The van der Waals surface area contributed by atoms with Crippen LogP contribution >= 0.6 is 0 Å². The van der Waals surface area contributed by atoms with Crippen LogP contribution in [0.1, 0.15) is 33.1 Å². The van der Waals surface area contributed by atoms with Crippen molar-refractivity contribution in [2.45, 2.75) is 33.1 Å².